The quantitative estimate of drug-likeness (QED) is 0.531. The Kier molecular flexibility index (Phi) is 7.50. The zero-order valence-electron chi connectivity index (χ0n) is 12.0. The highest BCUT2D eigenvalue weighted by atomic mass is 32.1. The molecule has 8 nitrogen and oxygen atoms in total. The smallest absolute Gasteiger partial charge is 0.330 e. The van der Waals surface area contributed by atoms with E-state index in [4.69, 9.17) is 15.6 Å². The third-order valence-electron chi connectivity index (χ3n) is 2.67. The van der Waals surface area contributed by atoms with E-state index in [2.05, 4.69) is 10.1 Å². The van der Waals surface area contributed by atoms with E-state index in [0.717, 1.165) is 5.56 Å². The van der Waals surface area contributed by atoms with Crippen LogP contribution in [-0.4, -0.2) is 48.8 Å². The van der Waals surface area contributed by atoms with Gasteiger partial charge in [-0.3, -0.25) is 9.59 Å². The second-order valence-electron chi connectivity index (χ2n) is 4.44. The molecule has 0 aromatic carbocycles. The minimum absolute atomic E-state index is 0.103. The molecule has 0 saturated heterocycles. The third-order valence-corrected chi connectivity index (χ3v) is 3.40. The first-order valence-electron chi connectivity index (χ1n) is 6.38. The lowest BCUT2D eigenvalue weighted by molar-refractivity contribution is -0.147. The molecular formula is C13H18N2O6S. The molecule has 1 aromatic heterocycles. The Morgan fingerprint density at radius 1 is 1.45 bits per heavy atom. The number of esters is 1. The Bertz CT molecular complexity index is 505. The number of carbonyl (C=O) groups is 3. The average molecular weight is 330 g/mol. The fourth-order valence-electron chi connectivity index (χ4n) is 1.54. The van der Waals surface area contributed by atoms with Crippen LogP contribution in [0.5, 0.6) is 0 Å². The molecule has 0 fully saturated rings. The number of amides is 1. The molecule has 0 aliphatic rings. The second-order valence-corrected chi connectivity index (χ2v) is 5.22. The number of carboxylic acids is 1. The molecule has 0 unspecified atom stereocenters. The van der Waals surface area contributed by atoms with Crippen molar-refractivity contribution in [1.82, 2.24) is 5.32 Å². The van der Waals surface area contributed by atoms with Gasteiger partial charge in [-0.25, -0.2) is 4.79 Å². The van der Waals surface area contributed by atoms with Crippen molar-refractivity contribution in [3.63, 3.8) is 0 Å². The number of nitrogens with two attached hydrogens (primary N) is 1. The SMILES string of the molecule is COC(=O)[C@H](COCc1ccsc1)NC(=O)[C@@H](N)CC(=O)O. The van der Waals surface area contributed by atoms with Crippen LogP contribution in [0.2, 0.25) is 0 Å². The van der Waals surface area contributed by atoms with Crippen molar-refractivity contribution < 1.29 is 29.0 Å². The number of hydrogen-bond donors (Lipinski definition) is 3. The normalized spacial score (nSPS) is 13.2. The van der Waals surface area contributed by atoms with Crippen LogP contribution in [0, 0.1) is 0 Å². The predicted molar refractivity (Wildman–Crippen MR) is 78.1 cm³/mol. The molecule has 122 valence electrons. The fraction of sp³-hybridized carbons (Fsp3) is 0.462. The standard InChI is InChI=1S/C13H18N2O6S/c1-20-13(19)10(6-21-5-8-2-3-22-7-8)15-12(18)9(14)4-11(16)17/h2-3,7,9-10H,4-6,14H2,1H3,(H,15,18)(H,16,17)/t9-,10-/m0/s1. The Morgan fingerprint density at radius 3 is 2.73 bits per heavy atom. The monoisotopic (exact) mass is 330 g/mol. The minimum atomic E-state index is -1.25. The largest absolute Gasteiger partial charge is 0.481 e. The number of rotatable bonds is 9. The van der Waals surface area contributed by atoms with Crippen LogP contribution in [-0.2, 0) is 30.5 Å². The van der Waals surface area contributed by atoms with E-state index in [9.17, 15) is 14.4 Å². The molecule has 1 aromatic rings. The third kappa shape index (κ3) is 6.20. The molecule has 0 saturated carbocycles. The van der Waals surface area contributed by atoms with Gasteiger partial charge in [0.2, 0.25) is 5.91 Å². The van der Waals surface area contributed by atoms with Crippen molar-refractivity contribution in [3.05, 3.63) is 22.4 Å². The summed E-state index contributed by atoms with van der Waals surface area (Å²) in [7, 11) is 1.18. The first-order valence-corrected chi connectivity index (χ1v) is 7.32. The molecule has 0 spiro atoms. The van der Waals surface area contributed by atoms with Gasteiger partial charge in [0.05, 0.1) is 32.8 Å². The highest BCUT2D eigenvalue weighted by Crippen LogP contribution is 2.07. The molecule has 0 radical (unpaired) electrons. The van der Waals surface area contributed by atoms with Gasteiger partial charge in [0.15, 0.2) is 6.04 Å². The molecule has 1 amide bonds. The number of nitrogens with one attached hydrogen (secondary N) is 1. The van der Waals surface area contributed by atoms with Crippen LogP contribution in [0.1, 0.15) is 12.0 Å². The number of carbonyl (C=O) groups excluding carboxylic acids is 2. The van der Waals surface area contributed by atoms with E-state index >= 15 is 0 Å². The number of methoxy groups -OCH3 is 1. The maximum Gasteiger partial charge on any atom is 0.330 e. The fourth-order valence-corrected chi connectivity index (χ4v) is 2.19. The summed E-state index contributed by atoms with van der Waals surface area (Å²) in [5.41, 5.74) is 6.38. The lowest BCUT2D eigenvalue weighted by atomic mass is 10.2. The molecule has 1 heterocycles. The molecule has 9 heteroatoms. The molecule has 0 aliphatic heterocycles. The van der Waals surface area contributed by atoms with Crippen LogP contribution in [0.4, 0.5) is 0 Å². The Labute approximate surface area is 131 Å². The van der Waals surface area contributed by atoms with Crippen molar-refractivity contribution in [2.45, 2.75) is 25.1 Å². The van der Waals surface area contributed by atoms with Crippen LogP contribution < -0.4 is 11.1 Å². The van der Waals surface area contributed by atoms with Gasteiger partial charge in [-0.2, -0.15) is 11.3 Å². The summed E-state index contributed by atoms with van der Waals surface area (Å²) in [6.07, 6.45) is -0.532. The maximum atomic E-state index is 11.7. The number of ether oxygens (including phenoxy) is 2. The molecule has 1 rings (SSSR count). The zero-order chi connectivity index (χ0) is 16.5. The maximum absolute atomic E-state index is 11.7. The first kappa shape index (κ1) is 18.1. The van der Waals surface area contributed by atoms with Crippen molar-refractivity contribution >= 4 is 29.2 Å². The van der Waals surface area contributed by atoms with Crippen LogP contribution in [0.15, 0.2) is 16.8 Å². The van der Waals surface area contributed by atoms with E-state index in [1.54, 1.807) is 0 Å². The average Bonchev–Trinajstić information content (AvgIpc) is 2.97. The van der Waals surface area contributed by atoms with Crippen molar-refractivity contribution in [2.75, 3.05) is 13.7 Å². The summed E-state index contributed by atoms with van der Waals surface area (Å²) in [5.74, 6) is -2.65. The summed E-state index contributed by atoms with van der Waals surface area (Å²) in [6.45, 7) is 0.183. The summed E-state index contributed by atoms with van der Waals surface area (Å²) in [6, 6.07) is -0.420. The zero-order valence-corrected chi connectivity index (χ0v) is 12.8. The van der Waals surface area contributed by atoms with Gasteiger partial charge in [0, 0.05) is 0 Å². The topological polar surface area (TPSA) is 128 Å². The van der Waals surface area contributed by atoms with Crippen molar-refractivity contribution in [1.29, 1.82) is 0 Å². The number of thiophene rings is 1. The summed E-state index contributed by atoms with van der Waals surface area (Å²) >= 11 is 1.52. The van der Waals surface area contributed by atoms with Crippen molar-refractivity contribution in [3.8, 4) is 0 Å². The second kappa shape index (κ2) is 9.13. The van der Waals surface area contributed by atoms with Gasteiger partial charge in [-0.1, -0.05) is 0 Å². The van der Waals surface area contributed by atoms with Gasteiger partial charge in [-0.05, 0) is 22.4 Å². The minimum Gasteiger partial charge on any atom is -0.481 e. The molecule has 4 N–H and O–H groups in total. The van der Waals surface area contributed by atoms with Crippen LogP contribution >= 0.6 is 11.3 Å². The predicted octanol–water partition coefficient (Wildman–Crippen LogP) is -0.275. The number of hydrogen-bond acceptors (Lipinski definition) is 7. The van der Waals surface area contributed by atoms with Gasteiger partial charge < -0.3 is 25.6 Å². The van der Waals surface area contributed by atoms with Crippen molar-refractivity contribution in [2.24, 2.45) is 5.73 Å². The molecule has 22 heavy (non-hydrogen) atoms. The Balaban J connectivity index is 2.51. The highest BCUT2D eigenvalue weighted by molar-refractivity contribution is 7.07. The van der Waals surface area contributed by atoms with E-state index < -0.39 is 36.4 Å². The van der Waals surface area contributed by atoms with Gasteiger partial charge in [0.1, 0.15) is 0 Å². The summed E-state index contributed by atoms with van der Waals surface area (Å²) in [4.78, 5) is 33.9. The lowest BCUT2D eigenvalue weighted by Crippen LogP contribution is -2.51. The van der Waals surface area contributed by atoms with Crippen LogP contribution in [0.25, 0.3) is 0 Å². The Hall–Kier alpha value is -1.97. The van der Waals surface area contributed by atoms with Gasteiger partial charge in [0.25, 0.3) is 0 Å². The highest BCUT2D eigenvalue weighted by Gasteiger charge is 2.25. The summed E-state index contributed by atoms with van der Waals surface area (Å²) in [5, 5.41) is 14.7. The molecule has 0 bridgehead atoms. The Morgan fingerprint density at radius 2 is 2.18 bits per heavy atom. The van der Waals surface area contributed by atoms with Gasteiger partial charge in [-0.15, -0.1) is 0 Å². The number of aliphatic carboxylic acids is 1. The lowest BCUT2D eigenvalue weighted by Gasteiger charge is -2.18. The van der Waals surface area contributed by atoms with Gasteiger partial charge >= 0.3 is 11.9 Å². The van der Waals surface area contributed by atoms with E-state index in [1.807, 2.05) is 16.8 Å². The van der Waals surface area contributed by atoms with E-state index in [0.29, 0.717) is 0 Å². The number of carboxylic acid groups (broad SMARTS) is 1. The first-order chi connectivity index (χ1) is 10.4. The van der Waals surface area contributed by atoms with E-state index in [1.165, 1.54) is 18.4 Å². The molecule has 0 aliphatic carbocycles. The van der Waals surface area contributed by atoms with Crippen LogP contribution in [0.3, 0.4) is 0 Å². The molecular weight excluding hydrogens is 312 g/mol. The summed E-state index contributed by atoms with van der Waals surface area (Å²) < 4.78 is 9.93. The molecule has 2 atom stereocenters. The van der Waals surface area contributed by atoms with E-state index in [-0.39, 0.29) is 13.2 Å².